The van der Waals surface area contributed by atoms with E-state index in [2.05, 4.69) is 6.07 Å². The smallest absolute Gasteiger partial charge is 0.339 e. The standard InChI is InChI=1S/C20H12N2O3S/c21-9-13-10-22(14-5-6-15(20(24)25)17(23)8-14)11-16(13)19-7-12-3-1-2-4-18(12)26-19/h1-8,10-11,23H,(H,24,25). The lowest BCUT2D eigenvalue weighted by atomic mass is 10.1. The molecule has 0 saturated carbocycles. The number of aromatic carboxylic acids is 1. The van der Waals surface area contributed by atoms with Gasteiger partial charge < -0.3 is 14.8 Å². The minimum atomic E-state index is -1.19. The number of phenols is 1. The van der Waals surface area contributed by atoms with Crippen LogP contribution in [-0.2, 0) is 0 Å². The van der Waals surface area contributed by atoms with E-state index >= 15 is 0 Å². The topological polar surface area (TPSA) is 86.2 Å². The van der Waals surface area contributed by atoms with Gasteiger partial charge in [0.1, 0.15) is 17.4 Å². The molecule has 0 amide bonds. The molecule has 0 unspecified atom stereocenters. The van der Waals surface area contributed by atoms with Crippen LogP contribution in [0.4, 0.5) is 0 Å². The van der Waals surface area contributed by atoms with Gasteiger partial charge in [-0.1, -0.05) is 18.2 Å². The summed E-state index contributed by atoms with van der Waals surface area (Å²) >= 11 is 1.61. The first-order valence-corrected chi connectivity index (χ1v) is 8.56. The Morgan fingerprint density at radius 2 is 1.92 bits per heavy atom. The predicted octanol–water partition coefficient (Wildman–Crippen LogP) is 4.63. The Morgan fingerprint density at radius 3 is 2.62 bits per heavy atom. The minimum Gasteiger partial charge on any atom is -0.507 e. The molecule has 126 valence electrons. The number of nitrogens with zero attached hydrogens (tertiary/aromatic N) is 2. The van der Waals surface area contributed by atoms with E-state index in [1.165, 1.54) is 12.1 Å². The Labute approximate surface area is 152 Å². The van der Waals surface area contributed by atoms with Gasteiger partial charge in [0.25, 0.3) is 0 Å². The van der Waals surface area contributed by atoms with Crippen LogP contribution in [0.1, 0.15) is 15.9 Å². The number of aromatic nitrogens is 1. The molecule has 0 saturated heterocycles. The van der Waals surface area contributed by atoms with Crippen LogP contribution >= 0.6 is 11.3 Å². The van der Waals surface area contributed by atoms with Gasteiger partial charge in [0.15, 0.2) is 0 Å². The molecule has 2 heterocycles. The van der Waals surface area contributed by atoms with Crippen LogP contribution in [-0.4, -0.2) is 20.7 Å². The van der Waals surface area contributed by atoms with Crippen molar-refractivity contribution in [3.8, 4) is 27.9 Å². The highest BCUT2D eigenvalue weighted by Gasteiger charge is 2.15. The van der Waals surface area contributed by atoms with Crippen molar-refractivity contribution in [2.45, 2.75) is 0 Å². The first-order chi connectivity index (χ1) is 12.6. The van der Waals surface area contributed by atoms with Crippen molar-refractivity contribution in [2.75, 3.05) is 0 Å². The highest BCUT2D eigenvalue weighted by atomic mass is 32.1. The highest BCUT2D eigenvalue weighted by molar-refractivity contribution is 7.22. The second-order valence-electron chi connectivity index (χ2n) is 5.76. The zero-order valence-electron chi connectivity index (χ0n) is 13.4. The minimum absolute atomic E-state index is 0.161. The molecule has 4 rings (SSSR count). The van der Waals surface area contributed by atoms with E-state index in [0.29, 0.717) is 11.3 Å². The van der Waals surface area contributed by atoms with Crippen LogP contribution < -0.4 is 0 Å². The summed E-state index contributed by atoms with van der Waals surface area (Å²) in [5.74, 6) is -1.50. The van der Waals surface area contributed by atoms with E-state index < -0.39 is 5.97 Å². The number of carbonyl (C=O) groups is 1. The first kappa shape index (κ1) is 15.9. The zero-order valence-corrected chi connectivity index (χ0v) is 14.2. The molecule has 0 aliphatic rings. The average Bonchev–Trinajstić information content (AvgIpc) is 3.24. The van der Waals surface area contributed by atoms with Crippen molar-refractivity contribution in [1.82, 2.24) is 4.57 Å². The molecule has 0 aliphatic heterocycles. The molecule has 2 N–H and O–H groups in total. The third-order valence-corrected chi connectivity index (χ3v) is 5.30. The summed E-state index contributed by atoms with van der Waals surface area (Å²) in [5, 5.41) is 29.6. The van der Waals surface area contributed by atoms with Crippen LogP contribution in [0.3, 0.4) is 0 Å². The number of rotatable bonds is 3. The fourth-order valence-corrected chi connectivity index (χ4v) is 3.95. The van der Waals surface area contributed by atoms with Crippen LogP contribution in [0.25, 0.3) is 26.2 Å². The van der Waals surface area contributed by atoms with E-state index in [-0.39, 0.29) is 11.3 Å². The molecule has 0 spiro atoms. The van der Waals surface area contributed by atoms with Gasteiger partial charge >= 0.3 is 5.97 Å². The Balaban J connectivity index is 1.82. The van der Waals surface area contributed by atoms with Crippen LogP contribution in [0.15, 0.2) is 60.9 Å². The van der Waals surface area contributed by atoms with E-state index in [0.717, 1.165) is 20.5 Å². The van der Waals surface area contributed by atoms with Crippen molar-refractivity contribution in [2.24, 2.45) is 0 Å². The number of carboxylic acid groups (broad SMARTS) is 1. The molecular formula is C20H12N2O3S. The quantitative estimate of drug-likeness (QED) is 0.557. The van der Waals surface area contributed by atoms with Gasteiger partial charge in [0, 0.05) is 39.3 Å². The largest absolute Gasteiger partial charge is 0.507 e. The molecule has 2 aromatic heterocycles. The number of benzene rings is 2. The molecule has 0 fully saturated rings. The second-order valence-corrected chi connectivity index (χ2v) is 6.84. The number of carboxylic acids is 1. The summed E-state index contributed by atoms with van der Waals surface area (Å²) < 4.78 is 2.85. The SMILES string of the molecule is N#Cc1cn(-c2ccc(C(=O)O)c(O)c2)cc1-c1cc2ccccc2s1. The van der Waals surface area contributed by atoms with Crippen molar-refractivity contribution >= 4 is 27.4 Å². The van der Waals surface area contributed by atoms with Crippen molar-refractivity contribution < 1.29 is 15.0 Å². The van der Waals surface area contributed by atoms with Crippen LogP contribution in [0.5, 0.6) is 5.75 Å². The number of thiophene rings is 1. The van der Waals surface area contributed by atoms with Crippen molar-refractivity contribution in [3.63, 3.8) is 0 Å². The van der Waals surface area contributed by atoms with Gasteiger partial charge in [0.2, 0.25) is 0 Å². The molecule has 2 aromatic carbocycles. The highest BCUT2D eigenvalue weighted by Crippen LogP contribution is 2.36. The first-order valence-electron chi connectivity index (χ1n) is 7.74. The third-order valence-electron chi connectivity index (χ3n) is 4.15. The van der Waals surface area contributed by atoms with Crippen LogP contribution in [0.2, 0.25) is 0 Å². The van der Waals surface area contributed by atoms with Gasteiger partial charge in [-0.3, -0.25) is 0 Å². The molecule has 5 nitrogen and oxygen atoms in total. The third kappa shape index (κ3) is 2.61. The maximum Gasteiger partial charge on any atom is 0.339 e. The van der Waals surface area contributed by atoms with Gasteiger partial charge in [-0.15, -0.1) is 11.3 Å². The maximum atomic E-state index is 11.0. The fourth-order valence-electron chi connectivity index (χ4n) is 2.87. The lowest BCUT2D eigenvalue weighted by Crippen LogP contribution is -1.98. The molecule has 0 atom stereocenters. The monoisotopic (exact) mass is 360 g/mol. The zero-order chi connectivity index (χ0) is 18.3. The summed E-state index contributed by atoms with van der Waals surface area (Å²) in [4.78, 5) is 12.0. The number of hydrogen-bond donors (Lipinski definition) is 2. The Morgan fingerprint density at radius 1 is 1.12 bits per heavy atom. The average molecular weight is 360 g/mol. The molecule has 4 aromatic rings. The Bertz CT molecular complexity index is 1160. The summed E-state index contributed by atoms with van der Waals surface area (Å²) in [5.41, 5.74) is 1.73. The van der Waals surface area contributed by atoms with E-state index in [1.54, 1.807) is 28.2 Å². The molecule has 26 heavy (non-hydrogen) atoms. The van der Waals surface area contributed by atoms with Gasteiger partial charge in [-0.05, 0) is 29.7 Å². The van der Waals surface area contributed by atoms with Crippen molar-refractivity contribution in [1.29, 1.82) is 5.26 Å². The summed E-state index contributed by atoms with van der Waals surface area (Å²) in [6.07, 6.45) is 3.49. The number of aromatic hydroxyl groups is 1. The van der Waals surface area contributed by atoms with E-state index in [9.17, 15) is 15.2 Å². The molecule has 6 heteroatoms. The Hall–Kier alpha value is -3.56. The van der Waals surface area contributed by atoms with Crippen molar-refractivity contribution in [3.05, 3.63) is 72.1 Å². The number of nitriles is 1. The van der Waals surface area contributed by atoms with Gasteiger partial charge in [-0.2, -0.15) is 5.26 Å². The molecule has 0 aliphatic carbocycles. The van der Waals surface area contributed by atoms with E-state index in [4.69, 9.17) is 5.11 Å². The fraction of sp³-hybridized carbons (Fsp3) is 0. The summed E-state index contributed by atoms with van der Waals surface area (Å²) in [6.45, 7) is 0. The van der Waals surface area contributed by atoms with Crippen LogP contribution in [0, 0.1) is 11.3 Å². The molecule has 0 bridgehead atoms. The number of fused-ring (bicyclic) bond motifs is 1. The predicted molar refractivity (Wildman–Crippen MR) is 99.9 cm³/mol. The maximum absolute atomic E-state index is 11.0. The second kappa shape index (κ2) is 6.06. The van der Waals surface area contributed by atoms with Gasteiger partial charge in [-0.25, -0.2) is 4.79 Å². The number of hydrogen-bond acceptors (Lipinski definition) is 4. The normalized spacial score (nSPS) is 10.7. The summed E-state index contributed by atoms with van der Waals surface area (Å²) in [7, 11) is 0. The lowest BCUT2D eigenvalue weighted by Gasteiger charge is -2.05. The van der Waals surface area contributed by atoms with E-state index in [1.807, 2.05) is 36.5 Å². The lowest BCUT2D eigenvalue weighted by molar-refractivity contribution is 0.0694. The molecule has 0 radical (unpaired) electrons. The Kier molecular flexibility index (Phi) is 3.72. The van der Waals surface area contributed by atoms with Gasteiger partial charge in [0.05, 0.1) is 5.56 Å². The summed E-state index contributed by atoms with van der Waals surface area (Å²) in [6, 6.07) is 16.6. The molecular weight excluding hydrogens is 348 g/mol.